The van der Waals surface area contributed by atoms with Gasteiger partial charge in [-0.05, 0) is 206 Å². The summed E-state index contributed by atoms with van der Waals surface area (Å²) in [5.74, 6) is 3.11. The van der Waals surface area contributed by atoms with Crippen molar-refractivity contribution in [3.05, 3.63) is 221 Å². The molecule has 3 amide bonds. The number of hydrogen-bond acceptors (Lipinski definition) is 16. The predicted molar refractivity (Wildman–Crippen MR) is 400 cm³/mol. The largest absolute Gasteiger partial charge is 0.478 e. The number of hydrogen-bond donors (Lipinski definition) is 6. The number of nitrogens with one attached hydrogen (secondary N) is 3. The number of rotatable bonds is 15. The number of para-hydroxylation sites is 3. The molecule has 3 fully saturated rings. The molecule has 0 saturated carbocycles. The second-order valence-corrected chi connectivity index (χ2v) is 25.3. The van der Waals surface area contributed by atoms with Crippen molar-refractivity contribution in [2.24, 2.45) is 17.8 Å². The van der Waals surface area contributed by atoms with Gasteiger partial charge in [0.15, 0.2) is 0 Å². The van der Waals surface area contributed by atoms with Crippen LogP contribution >= 0.6 is 39.9 Å². The SMILES string of the molecule is CNC.Cc1cc(C(=O)N2CC[C@@H](Cc3ncc4ccccc4n3)C2)ccc1N.Cc1cc(C(=O)N2CC[C@@H](Cc3ncc4ccccc4n3)C2)ccc1NC(=O)/C=C/CN(C)C.Cc1cc(C(=O)O)ccc1N.Cl.O=C(Cl)/C=C/CBr.c1ccc2nc(C[C@@H]3CCNC3)ncc2c1. The molecule has 0 radical (unpaired) electrons. The molecule has 20 nitrogen and oxygen atoms in total. The standard InChI is InChI=1S/C27H31N5O2.C21H22N4O.C13H15N3.C8H9NO2.C4H4BrClO.C2H7N.ClH/c1-19-15-21(10-11-23(19)30-26(33)9-6-13-31(2)3)27(34)32-14-12-20(18-32)16-25-28-17-22-7-4-5-8-24(22)29-25;1-14-10-16(6-7-18(14)22)21(26)25-9-8-15(13-25)11-20-23-12-17-4-2-3-5-19(17)24-20;1-2-4-12-11(3-1)9-15-13(16-12)7-10-5-6-14-8-10;1-5-4-6(8(10)11)2-3-7(5)9;5-3-1-2-4(6)7;1-3-2;/h4-11,15,17,20H,12-14,16,18H2,1-3H3,(H,30,33);2-7,10,12,15H,8-9,11,13,22H2,1H3;1-4,9-10,14H,5-8H2;2-4H,9H2,1H3,(H,10,11);1-2H,3H2;3H,1-2H3;1H/b9-6+;;;;2-1+;;/t20-;15-;10-;;;;/m000..../s1. The topological polar surface area (TPSA) is 281 Å². The number of halogens is 3. The van der Waals surface area contributed by atoms with Gasteiger partial charge >= 0.3 is 5.97 Å². The molecule has 3 aromatic heterocycles. The molecule has 3 aliphatic rings. The number of nitrogens with zero attached hydrogens (tertiary/aromatic N) is 9. The molecule has 6 heterocycles. The van der Waals surface area contributed by atoms with E-state index in [1.54, 1.807) is 43.3 Å². The maximum absolute atomic E-state index is 13.1. The van der Waals surface area contributed by atoms with Gasteiger partial charge in [-0.3, -0.25) is 19.2 Å². The van der Waals surface area contributed by atoms with Gasteiger partial charge in [-0.1, -0.05) is 82.7 Å². The summed E-state index contributed by atoms with van der Waals surface area (Å²) in [4.78, 5) is 91.4. The molecule has 3 saturated heterocycles. The smallest absolute Gasteiger partial charge is 0.335 e. The van der Waals surface area contributed by atoms with E-state index in [4.69, 9.17) is 28.2 Å². The van der Waals surface area contributed by atoms with Crippen LogP contribution in [-0.4, -0.2) is 158 Å². The van der Waals surface area contributed by atoms with Crippen molar-refractivity contribution in [1.82, 2.24) is 55.2 Å². The van der Waals surface area contributed by atoms with Crippen LogP contribution < -0.4 is 27.4 Å². The molecule has 0 aliphatic carbocycles. The van der Waals surface area contributed by atoms with Crippen molar-refractivity contribution in [2.45, 2.75) is 59.3 Å². The Balaban J connectivity index is 0.000000208. The number of allylic oxidation sites excluding steroid dienone is 2. The Morgan fingerprint density at radius 1 is 0.612 bits per heavy atom. The van der Waals surface area contributed by atoms with Crippen LogP contribution in [0.25, 0.3) is 32.7 Å². The molecule has 98 heavy (non-hydrogen) atoms. The average molecular weight is 1430 g/mol. The number of aryl methyl sites for hydroxylation is 3. The number of carboxylic acid groups (broad SMARTS) is 1. The molecular weight excluding hydrogens is 1340 g/mol. The van der Waals surface area contributed by atoms with Crippen LogP contribution in [0.2, 0.25) is 0 Å². The molecule has 8 N–H and O–H groups in total. The number of likely N-dealkylation sites (tertiary alicyclic amines) is 2. The summed E-state index contributed by atoms with van der Waals surface area (Å²) in [5.41, 5.74) is 20.6. The summed E-state index contributed by atoms with van der Waals surface area (Å²) in [5, 5.41) is 21.0. The van der Waals surface area contributed by atoms with E-state index in [1.165, 1.54) is 24.6 Å². The highest BCUT2D eigenvalue weighted by atomic mass is 79.9. The minimum Gasteiger partial charge on any atom is -0.478 e. The number of aromatic carboxylic acids is 1. The molecule has 0 spiro atoms. The van der Waals surface area contributed by atoms with Crippen LogP contribution in [0.3, 0.4) is 0 Å². The number of anilines is 3. The molecular formula is C75H89BrCl2N14O6. The first kappa shape index (κ1) is 77.9. The van der Waals surface area contributed by atoms with Gasteiger partial charge in [-0.2, -0.15) is 0 Å². The Bertz CT molecular complexity index is 4190. The second kappa shape index (κ2) is 40.0. The maximum atomic E-state index is 13.1. The highest BCUT2D eigenvalue weighted by Gasteiger charge is 2.30. The highest BCUT2D eigenvalue weighted by molar-refractivity contribution is 9.09. The quantitative estimate of drug-likeness (QED) is 0.0241. The molecule has 9 aromatic rings. The molecule has 516 valence electrons. The molecule has 0 bridgehead atoms. The molecule has 12 rings (SSSR count). The first-order chi connectivity index (χ1) is 46.7. The Hall–Kier alpha value is -9.09. The normalized spacial score (nSPS) is 15.3. The van der Waals surface area contributed by atoms with Crippen LogP contribution in [0, 0.1) is 38.5 Å². The zero-order chi connectivity index (χ0) is 69.8. The van der Waals surface area contributed by atoms with Crippen molar-refractivity contribution in [3.63, 3.8) is 0 Å². The number of aromatic nitrogens is 6. The molecule has 23 heteroatoms. The van der Waals surface area contributed by atoms with E-state index >= 15 is 0 Å². The van der Waals surface area contributed by atoms with Crippen LogP contribution in [0.15, 0.2) is 170 Å². The number of carbonyl (C=O) groups is 5. The van der Waals surface area contributed by atoms with Crippen molar-refractivity contribution in [2.75, 3.05) is 96.1 Å². The number of benzene rings is 6. The lowest BCUT2D eigenvalue weighted by Gasteiger charge is -2.17. The van der Waals surface area contributed by atoms with Gasteiger partial charge in [0.2, 0.25) is 11.1 Å². The number of alkyl halides is 1. The number of carboxylic acids is 1. The van der Waals surface area contributed by atoms with Crippen LogP contribution in [0.4, 0.5) is 17.1 Å². The fraction of sp³-hybridized carbons (Fsp3) is 0.320. The van der Waals surface area contributed by atoms with Crippen molar-refractivity contribution in [3.8, 4) is 0 Å². The minimum atomic E-state index is -0.923. The lowest BCUT2D eigenvalue weighted by molar-refractivity contribution is -0.112. The lowest BCUT2D eigenvalue weighted by atomic mass is 10.0. The summed E-state index contributed by atoms with van der Waals surface area (Å²) in [6, 6.07) is 39.7. The fourth-order valence-corrected chi connectivity index (χ4v) is 11.2. The summed E-state index contributed by atoms with van der Waals surface area (Å²) in [7, 11) is 7.64. The van der Waals surface area contributed by atoms with E-state index in [2.05, 4.69) is 67.9 Å². The van der Waals surface area contributed by atoms with Gasteiger partial charge < -0.3 is 47.2 Å². The molecule has 3 atom stereocenters. The summed E-state index contributed by atoms with van der Waals surface area (Å²) in [6.45, 7) is 11.5. The summed E-state index contributed by atoms with van der Waals surface area (Å²) < 4.78 is 0. The first-order valence-corrected chi connectivity index (χ1v) is 33.8. The number of carbonyl (C=O) groups excluding carboxylic acids is 4. The predicted octanol–water partition coefficient (Wildman–Crippen LogP) is 11.9. The second-order valence-electron chi connectivity index (χ2n) is 24.3. The Morgan fingerprint density at radius 3 is 1.44 bits per heavy atom. The molecule has 6 aromatic carbocycles. The zero-order valence-electron chi connectivity index (χ0n) is 56.6. The van der Waals surface area contributed by atoms with Crippen LogP contribution in [0.1, 0.15) is 84.5 Å². The van der Waals surface area contributed by atoms with Gasteiger partial charge in [-0.25, -0.2) is 34.7 Å². The fourth-order valence-electron chi connectivity index (χ4n) is 11.0. The Labute approximate surface area is 593 Å². The maximum Gasteiger partial charge on any atom is 0.335 e. The van der Waals surface area contributed by atoms with E-state index < -0.39 is 11.2 Å². The van der Waals surface area contributed by atoms with E-state index in [-0.39, 0.29) is 35.7 Å². The third-order valence-electron chi connectivity index (χ3n) is 16.2. The first-order valence-electron chi connectivity index (χ1n) is 32.3. The van der Waals surface area contributed by atoms with E-state index in [0.29, 0.717) is 64.4 Å². The number of nitrogen functional groups attached to an aromatic ring is 2. The summed E-state index contributed by atoms with van der Waals surface area (Å²) in [6.07, 6.45) is 17.7. The molecule has 0 unspecified atom stereocenters. The zero-order valence-corrected chi connectivity index (χ0v) is 59.8. The Kier molecular flexibility index (Phi) is 31.8. The van der Waals surface area contributed by atoms with Gasteiger partial charge in [-0.15, -0.1) is 12.4 Å². The van der Waals surface area contributed by atoms with Gasteiger partial charge in [0.05, 0.1) is 22.1 Å². The molecule has 3 aliphatic heterocycles. The van der Waals surface area contributed by atoms with Crippen LogP contribution in [-0.2, 0) is 28.9 Å². The number of amides is 3. The van der Waals surface area contributed by atoms with E-state index in [0.717, 1.165) is 132 Å². The van der Waals surface area contributed by atoms with Gasteiger partial charge in [0.1, 0.15) is 17.5 Å². The van der Waals surface area contributed by atoms with Crippen molar-refractivity contribution in [1.29, 1.82) is 0 Å². The lowest BCUT2D eigenvalue weighted by Crippen LogP contribution is -2.29. The van der Waals surface area contributed by atoms with Crippen molar-refractivity contribution < 1.29 is 29.1 Å². The minimum absolute atomic E-state index is 0. The highest BCUT2D eigenvalue weighted by Crippen LogP contribution is 2.27. The van der Waals surface area contributed by atoms with Crippen molar-refractivity contribution >= 4 is 119 Å². The number of likely N-dealkylation sites (N-methyl/N-ethyl adjacent to an activating group) is 1. The third-order valence-corrected chi connectivity index (χ3v) is 16.7. The van der Waals surface area contributed by atoms with Crippen LogP contribution in [0.5, 0.6) is 0 Å². The summed E-state index contributed by atoms with van der Waals surface area (Å²) >= 11 is 7.99. The van der Waals surface area contributed by atoms with E-state index in [9.17, 15) is 24.0 Å². The van der Waals surface area contributed by atoms with E-state index in [1.807, 2.05) is 166 Å². The number of nitrogens with two attached hydrogens (primary N) is 2. The Morgan fingerprint density at radius 2 is 1.04 bits per heavy atom. The monoisotopic (exact) mass is 1430 g/mol. The van der Waals surface area contributed by atoms with Gasteiger partial charge in [0, 0.05) is 126 Å². The van der Waals surface area contributed by atoms with Gasteiger partial charge in [0.25, 0.3) is 11.8 Å². The third kappa shape index (κ3) is 24.8. The number of fused-ring (bicyclic) bond motifs is 3. The average Bonchev–Trinajstić information content (AvgIpc) is 1.59.